The second-order valence-corrected chi connectivity index (χ2v) is 8.98. The molecule has 0 saturated heterocycles. The number of aromatic nitrogens is 2. The molecule has 2 aliphatic carbocycles. The number of rotatable bonds is 8. The molecule has 2 bridgehead atoms. The summed E-state index contributed by atoms with van der Waals surface area (Å²) in [5.41, 5.74) is 7.11. The lowest BCUT2D eigenvalue weighted by Gasteiger charge is -2.32. The minimum absolute atomic E-state index is 0. The highest BCUT2D eigenvalue weighted by atomic mass is 35.5. The van der Waals surface area contributed by atoms with E-state index in [1.54, 1.807) is 6.07 Å². The van der Waals surface area contributed by atoms with Gasteiger partial charge in [0.1, 0.15) is 6.10 Å². The molecule has 0 spiro atoms. The highest BCUT2D eigenvalue weighted by Crippen LogP contribution is 2.53. The first-order valence-electron chi connectivity index (χ1n) is 11.0. The minimum atomic E-state index is -0.636. The molecular weight excluding hydrogens is 446 g/mol. The summed E-state index contributed by atoms with van der Waals surface area (Å²) in [5.74, 6) is -2.62. The molecule has 2 aromatic rings. The smallest absolute Gasteiger partial charge is 0.358 e. The fraction of sp³-hybridized carbons (Fsp3) is 0.522. The predicted octanol–water partition coefficient (Wildman–Crippen LogP) is 1.40. The van der Waals surface area contributed by atoms with Gasteiger partial charge in [0, 0.05) is 12.5 Å². The molecule has 5 atom stereocenters. The Morgan fingerprint density at radius 1 is 1.15 bits per heavy atom. The molecule has 1 heterocycles. The summed E-state index contributed by atoms with van der Waals surface area (Å²) in [6, 6.07) is 7.27. The van der Waals surface area contributed by atoms with Crippen molar-refractivity contribution < 1.29 is 19.1 Å². The second kappa shape index (κ2) is 10.4. The number of ether oxygens (including phenoxy) is 1. The molecule has 1 aromatic heterocycles. The summed E-state index contributed by atoms with van der Waals surface area (Å²) in [6.07, 6.45) is 2.94. The van der Waals surface area contributed by atoms with Gasteiger partial charge in [0.2, 0.25) is 11.8 Å². The molecule has 33 heavy (non-hydrogen) atoms. The van der Waals surface area contributed by atoms with Gasteiger partial charge in [-0.1, -0.05) is 12.1 Å². The van der Waals surface area contributed by atoms with Gasteiger partial charge in [-0.25, -0.2) is 9.78 Å². The first-order chi connectivity index (χ1) is 15.3. The van der Waals surface area contributed by atoms with Gasteiger partial charge in [0.25, 0.3) is 0 Å². The van der Waals surface area contributed by atoms with Crippen LogP contribution in [0.15, 0.2) is 30.5 Å². The van der Waals surface area contributed by atoms with Crippen molar-refractivity contribution in [3.05, 3.63) is 36.2 Å². The maximum atomic E-state index is 12.8. The van der Waals surface area contributed by atoms with Crippen molar-refractivity contribution >= 4 is 41.2 Å². The number of halogens is 1. The van der Waals surface area contributed by atoms with Crippen molar-refractivity contribution in [2.75, 3.05) is 27.2 Å². The van der Waals surface area contributed by atoms with Gasteiger partial charge < -0.3 is 20.7 Å². The number of fused-ring (bicyclic) bond motifs is 3. The molecule has 2 amide bonds. The number of nitrogens with one attached hydrogen (secondary N) is 1. The fourth-order valence-corrected chi connectivity index (χ4v) is 5.18. The van der Waals surface area contributed by atoms with E-state index in [2.05, 4.69) is 20.2 Å². The maximum absolute atomic E-state index is 12.8. The maximum Gasteiger partial charge on any atom is 0.358 e. The molecule has 5 unspecified atom stereocenters. The average molecular weight is 476 g/mol. The van der Waals surface area contributed by atoms with Crippen LogP contribution >= 0.6 is 12.4 Å². The van der Waals surface area contributed by atoms with E-state index in [1.807, 2.05) is 32.3 Å². The van der Waals surface area contributed by atoms with Crippen LogP contribution in [-0.4, -0.2) is 65.9 Å². The number of nitrogens with two attached hydrogens (primary N) is 1. The Kier molecular flexibility index (Phi) is 7.86. The van der Waals surface area contributed by atoms with Gasteiger partial charge in [-0.2, -0.15) is 0 Å². The summed E-state index contributed by atoms with van der Waals surface area (Å²) in [7, 11) is 3.96. The number of hydrogen-bond acceptors (Lipinski definition) is 7. The van der Waals surface area contributed by atoms with Crippen LogP contribution in [0.1, 0.15) is 29.8 Å². The number of esters is 1. The van der Waals surface area contributed by atoms with Crippen LogP contribution in [0.2, 0.25) is 0 Å². The van der Waals surface area contributed by atoms with Gasteiger partial charge >= 0.3 is 5.97 Å². The standard InChI is InChI=1S/C23H29N5O4.ClH/c1-28(2)9-5-8-25-22(30)19-13-10-14(20(19)21(24)29)18(11-13)32-23(31)17-12-26-15-6-3-4-7-16(15)27-17;/h3-4,6-7,12-14,18-20H,5,8-11H2,1-2H3,(H2,24,29)(H,25,30);1H. The normalized spacial score (nSPS) is 25.6. The Bertz CT molecular complexity index is 1030. The molecule has 0 radical (unpaired) electrons. The van der Waals surface area contributed by atoms with Gasteiger partial charge in [-0.3, -0.25) is 14.6 Å². The van der Waals surface area contributed by atoms with Crippen LogP contribution < -0.4 is 11.1 Å². The van der Waals surface area contributed by atoms with Crippen LogP contribution in [-0.2, 0) is 14.3 Å². The monoisotopic (exact) mass is 475 g/mol. The zero-order valence-electron chi connectivity index (χ0n) is 18.8. The Morgan fingerprint density at radius 3 is 2.58 bits per heavy atom. The first-order valence-corrected chi connectivity index (χ1v) is 11.0. The third-order valence-corrected chi connectivity index (χ3v) is 6.57. The first kappa shape index (κ1) is 24.9. The Balaban J connectivity index is 0.00000306. The van der Waals surface area contributed by atoms with E-state index >= 15 is 0 Å². The molecule has 9 nitrogen and oxygen atoms in total. The minimum Gasteiger partial charge on any atom is -0.457 e. The van der Waals surface area contributed by atoms with Gasteiger partial charge in [0.05, 0.1) is 29.1 Å². The zero-order valence-corrected chi connectivity index (χ0v) is 19.6. The van der Waals surface area contributed by atoms with Gasteiger partial charge in [-0.05, 0) is 58.0 Å². The number of primary amides is 1. The average Bonchev–Trinajstić information content (AvgIpc) is 3.34. The summed E-state index contributed by atoms with van der Waals surface area (Å²) in [6.45, 7) is 1.42. The lowest BCUT2D eigenvalue weighted by Crippen LogP contribution is -2.47. The SMILES string of the molecule is CN(C)CCCNC(=O)C1C2CC(OC(=O)c3cnc4ccccc4n3)C(C2)C1C(N)=O.Cl. The van der Waals surface area contributed by atoms with Gasteiger partial charge in [0.15, 0.2) is 5.69 Å². The third kappa shape index (κ3) is 5.25. The molecule has 2 saturated carbocycles. The molecule has 1 aromatic carbocycles. The summed E-state index contributed by atoms with van der Waals surface area (Å²) in [4.78, 5) is 48.4. The molecule has 2 fully saturated rings. The van der Waals surface area contributed by atoms with E-state index < -0.39 is 29.8 Å². The zero-order chi connectivity index (χ0) is 22.8. The lowest BCUT2D eigenvalue weighted by atomic mass is 9.77. The van der Waals surface area contributed by atoms with Crippen molar-refractivity contribution in [2.45, 2.75) is 25.4 Å². The van der Waals surface area contributed by atoms with Crippen LogP contribution in [0.4, 0.5) is 0 Å². The topological polar surface area (TPSA) is 128 Å². The highest BCUT2D eigenvalue weighted by Gasteiger charge is 2.58. The lowest BCUT2D eigenvalue weighted by molar-refractivity contribution is -0.137. The van der Waals surface area contributed by atoms with Crippen LogP contribution in [0.5, 0.6) is 0 Å². The summed E-state index contributed by atoms with van der Waals surface area (Å²) < 4.78 is 5.73. The molecular formula is C23H30ClN5O4. The number of hydrogen-bond donors (Lipinski definition) is 2. The summed E-state index contributed by atoms with van der Waals surface area (Å²) in [5, 5.41) is 2.95. The fourth-order valence-electron chi connectivity index (χ4n) is 5.18. The Morgan fingerprint density at radius 2 is 1.88 bits per heavy atom. The van der Waals surface area contributed by atoms with E-state index in [1.165, 1.54) is 6.20 Å². The number of benzene rings is 1. The van der Waals surface area contributed by atoms with Crippen molar-refractivity contribution in [2.24, 2.45) is 29.4 Å². The van der Waals surface area contributed by atoms with Crippen LogP contribution in [0.3, 0.4) is 0 Å². The van der Waals surface area contributed by atoms with E-state index in [-0.39, 0.29) is 35.8 Å². The largest absolute Gasteiger partial charge is 0.457 e. The molecule has 3 N–H and O–H groups in total. The highest BCUT2D eigenvalue weighted by molar-refractivity contribution is 5.90. The number of para-hydroxylation sites is 2. The van der Waals surface area contributed by atoms with E-state index in [0.29, 0.717) is 30.4 Å². The Hall–Kier alpha value is -2.78. The predicted molar refractivity (Wildman–Crippen MR) is 125 cm³/mol. The van der Waals surface area contributed by atoms with Crippen LogP contribution in [0.25, 0.3) is 11.0 Å². The molecule has 4 rings (SSSR count). The molecule has 2 aliphatic rings. The van der Waals surface area contributed by atoms with Crippen molar-refractivity contribution in [3.8, 4) is 0 Å². The molecule has 0 aliphatic heterocycles. The number of nitrogens with zero attached hydrogens (tertiary/aromatic N) is 3. The second-order valence-electron chi connectivity index (χ2n) is 8.98. The van der Waals surface area contributed by atoms with Gasteiger partial charge in [-0.15, -0.1) is 12.4 Å². The van der Waals surface area contributed by atoms with E-state index in [4.69, 9.17) is 10.5 Å². The van der Waals surface area contributed by atoms with Crippen molar-refractivity contribution in [3.63, 3.8) is 0 Å². The summed E-state index contributed by atoms with van der Waals surface area (Å²) >= 11 is 0. The van der Waals surface area contributed by atoms with Crippen molar-refractivity contribution in [1.29, 1.82) is 0 Å². The Labute approximate surface area is 198 Å². The van der Waals surface area contributed by atoms with Crippen molar-refractivity contribution in [1.82, 2.24) is 20.2 Å². The quantitative estimate of drug-likeness (QED) is 0.436. The van der Waals surface area contributed by atoms with Crippen LogP contribution in [0, 0.1) is 23.7 Å². The molecule has 178 valence electrons. The number of carbonyl (C=O) groups is 3. The molecule has 10 heteroatoms. The number of amides is 2. The van der Waals surface area contributed by atoms with E-state index in [0.717, 1.165) is 13.0 Å². The number of carbonyl (C=O) groups excluding carboxylic acids is 3. The third-order valence-electron chi connectivity index (χ3n) is 6.57. The van der Waals surface area contributed by atoms with E-state index in [9.17, 15) is 14.4 Å².